The van der Waals surface area contributed by atoms with E-state index in [1.54, 1.807) is 31.2 Å². The summed E-state index contributed by atoms with van der Waals surface area (Å²) >= 11 is 1.89. The third-order valence-corrected chi connectivity index (χ3v) is 3.48. The van der Waals surface area contributed by atoms with Crippen molar-refractivity contribution >= 4 is 39.9 Å². The average molecular weight is 384 g/mol. The van der Waals surface area contributed by atoms with Crippen molar-refractivity contribution in [2.24, 2.45) is 0 Å². The van der Waals surface area contributed by atoms with Crippen LogP contribution in [0.3, 0.4) is 0 Å². The van der Waals surface area contributed by atoms with Gasteiger partial charge in [0, 0.05) is 6.20 Å². The molecule has 1 aromatic carbocycles. The van der Waals surface area contributed by atoms with E-state index >= 15 is 0 Å². The number of aryl methyl sites for hydroxylation is 1. The normalized spacial score (nSPS) is 10.3. The van der Waals surface area contributed by atoms with Crippen molar-refractivity contribution < 1.29 is 4.79 Å². The first kappa shape index (κ1) is 14.5. The fraction of sp³-hybridized carbons (Fsp3) is 0.154. The summed E-state index contributed by atoms with van der Waals surface area (Å²) < 4.78 is 1.80. The molecule has 0 aliphatic heterocycles. The number of hydrogen-bond donors (Lipinski definition) is 2. The van der Waals surface area contributed by atoms with Crippen LogP contribution in [0.2, 0.25) is 0 Å². The zero-order valence-corrected chi connectivity index (χ0v) is 12.9. The van der Waals surface area contributed by atoms with Crippen LogP contribution in [0.15, 0.2) is 35.3 Å². The Kier molecular flexibility index (Phi) is 4.38. The predicted octanol–water partition coefficient (Wildman–Crippen LogP) is 1.38. The van der Waals surface area contributed by atoms with Crippen molar-refractivity contribution in [2.75, 3.05) is 11.1 Å². The summed E-state index contributed by atoms with van der Waals surface area (Å²) in [6.45, 7) is 1.59. The van der Waals surface area contributed by atoms with Crippen LogP contribution >= 0.6 is 22.6 Å². The molecule has 0 bridgehead atoms. The van der Waals surface area contributed by atoms with Crippen LogP contribution in [0.4, 0.5) is 11.4 Å². The first-order chi connectivity index (χ1) is 9.49. The number of nitrogens with zero attached hydrogens (tertiary/aromatic N) is 2. The lowest BCUT2D eigenvalue weighted by Crippen LogP contribution is -2.31. The molecule has 3 N–H and O–H groups in total. The van der Waals surface area contributed by atoms with Gasteiger partial charge in [-0.3, -0.25) is 14.2 Å². The number of anilines is 2. The van der Waals surface area contributed by atoms with Gasteiger partial charge in [0.2, 0.25) is 5.91 Å². The molecule has 7 heteroatoms. The van der Waals surface area contributed by atoms with Gasteiger partial charge in [0.1, 0.15) is 12.4 Å². The highest BCUT2D eigenvalue weighted by molar-refractivity contribution is 14.1. The van der Waals surface area contributed by atoms with Crippen LogP contribution in [0.25, 0.3) is 0 Å². The van der Waals surface area contributed by atoms with Crippen LogP contribution in [0.1, 0.15) is 5.82 Å². The van der Waals surface area contributed by atoms with E-state index < -0.39 is 0 Å². The molecule has 0 atom stereocenters. The number of rotatable bonds is 3. The number of nitrogen functional groups attached to an aromatic ring is 1. The van der Waals surface area contributed by atoms with E-state index in [4.69, 9.17) is 5.73 Å². The Morgan fingerprint density at radius 1 is 1.45 bits per heavy atom. The first-order valence-electron chi connectivity index (χ1n) is 5.85. The van der Waals surface area contributed by atoms with Crippen molar-refractivity contribution in [3.05, 3.63) is 50.2 Å². The maximum Gasteiger partial charge on any atom is 0.267 e. The number of nitrogens with two attached hydrogens (primary N) is 1. The van der Waals surface area contributed by atoms with E-state index in [1.165, 1.54) is 10.8 Å². The van der Waals surface area contributed by atoms with E-state index in [2.05, 4.69) is 10.3 Å². The fourth-order valence-corrected chi connectivity index (χ4v) is 2.11. The Hall–Kier alpha value is -1.90. The van der Waals surface area contributed by atoms with Crippen LogP contribution in [0, 0.1) is 10.5 Å². The average Bonchev–Trinajstić information content (AvgIpc) is 2.42. The number of aromatic nitrogens is 2. The topological polar surface area (TPSA) is 90.0 Å². The Labute approximate surface area is 129 Å². The minimum absolute atomic E-state index is 0.0944. The van der Waals surface area contributed by atoms with Gasteiger partial charge >= 0.3 is 0 Å². The van der Waals surface area contributed by atoms with Crippen molar-refractivity contribution in [1.82, 2.24) is 9.55 Å². The molecule has 0 radical (unpaired) electrons. The van der Waals surface area contributed by atoms with Gasteiger partial charge in [-0.1, -0.05) is 12.1 Å². The molecule has 0 aliphatic carbocycles. The Bertz CT molecular complexity index is 712. The summed E-state index contributed by atoms with van der Waals surface area (Å²) in [6.07, 6.45) is 1.49. The van der Waals surface area contributed by atoms with E-state index in [-0.39, 0.29) is 18.0 Å². The molecule has 2 rings (SSSR count). The second-order valence-corrected chi connectivity index (χ2v) is 5.34. The largest absolute Gasteiger partial charge is 0.397 e. The zero-order valence-electron chi connectivity index (χ0n) is 10.8. The third-order valence-electron chi connectivity index (χ3n) is 2.74. The number of halogens is 1. The summed E-state index contributed by atoms with van der Waals surface area (Å²) in [7, 11) is 0. The summed E-state index contributed by atoms with van der Waals surface area (Å²) in [5, 5.41) is 2.68. The van der Waals surface area contributed by atoms with E-state index in [0.29, 0.717) is 20.8 Å². The zero-order chi connectivity index (χ0) is 14.7. The molecule has 0 unspecified atom stereocenters. The van der Waals surface area contributed by atoms with Crippen LogP contribution < -0.4 is 16.6 Å². The van der Waals surface area contributed by atoms with Gasteiger partial charge < -0.3 is 11.1 Å². The third kappa shape index (κ3) is 3.16. The summed E-state index contributed by atoms with van der Waals surface area (Å²) in [4.78, 5) is 28.0. The number of benzene rings is 1. The van der Waals surface area contributed by atoms with E-state index in [1.807, 2.05) is 22.6 Å². The highest BCUT2D eigenvalue weighted by Crippen LogP contribution is 2.16. The fourth-order valence-electron chi connectivity index (χ4n) is 1.68. The van der Waals surface area contributed by atoms with Crippen LogP contribution in [-0.2, 0) is 11.3 Å². The monoisotopic (exact) mass is 384 g/mol. The lowest BCUT2D eigenvalue weighted by molar-refractivity contribution is -0.116. The molecule has 6 nitrogen and oxygen atoms in total. The molecule has 0 saturated heterocycles. The number of para-hydroxylation sites is 2. The molecule has 20 heavy (non-hydrogen) atoms. The van der Waals surface area contributed by atoms with Crippen LogP contribution in [-0.4, -0.2) is 15.5 Å². The molecule has 1 amide bonds. The number of carbonyl (C=O) groups excluding carboxylic acids is 1. The van der Waals surface area contributed by atoms with Gasteiger partial charge in [-0.15, -0.1) is 0 Å². The predicted molar refractivity (Wildman–Crippen MR) is 85.4 cm³/mol. The quantitative estimate of drug-likeness (QED) is 0.618. The maximum absolute atomic E-state index is 12.0. The Morgan fingerprint density at radius 2 is 2.15 bits per heavy atom. The Morgan fingerprint density at radius 3 is 2.85 bits per heavy atom. The van der Waals surface area contributed by atoms with Gasteiger partial charge in [0.05, 0.1) is 14.9 Å². The van der Waals surface area contributed by atoms with Crippen molar-refractivity contribution in [1.29, 1.82) is 0 Å². The van der Waals surface area contributed by atoms with Crippen LogP contribution in [0.5, 0.6) is 0 Å². The van der Waals surface area contributed by atoms with Gasteiger partial charge in [0.25, 0.3) is 5.56 Å². The molecule has 1 aromatic heterocycles. The summed E-state index contributed by atoms with van der Waals surface area (Å²) in [5.41, 5.74) is 6.53. The highest BCUT2D eigenvalue weighted by Gasteiger charge is 2.11. The highest BCUT2D eigenvalue weighted by atomic mass is 127. The van der Waals surface area contributed by atoms with Gasteiger partial charge in [-0.05, 0) is 41.6 Å². The number of hydrogen-bond acceptors (Lipinski definition) is 4. The number of nitrogens with one attached hydrogen (secondary N) is 1. The van der Waals surface area contributed by atoms with Crippen molar-refractivity contribution in [3.8, 4) is 0 Å². The van der Waals surface area contributed by atoms with Gasteiger partial charge in [-0.2, -0.15) is 0 Å². The molecule has 0 aliphatic rings. The lowest BCUT2D eigenvalue weighted by atomic mass is 10.2. The first-order valence-corrected chi connectivity index (χ1v) is 6.93. The van der Waals surface area contributed by atoms with E-state index in [9.17, 15) is 9.59 Å². The van der Waals surface area contributed by atoms with E-state index in [0.717, 1.165) is 0 Å². The molecule has 104 valence electrons. The SMILES string of the molecule is Cc1ncc(I)c(=O)n1CC(=O)Nc1ccccc1N. The molecular weight excluding hydrogens is 371 g/mol. The lowest BCUT2D eigenvalue weighted by Gasteiger charge is -2.11. The van der Waals surface area contributed by atoms with Gasteiger partial charge in [0.15, 0.2) is 0 Å². The number of carbonyl (C=O) groups is 1. The summed E-state index contributed by atoms with van der Waals surface area (Å²) in [5.74, 6) is 0.170. The molecule has 0 fully saturated rings. The van der Waals surface area contributed by atoms with Crippen molar-refractivity contribution in [2.45, 2.75) is 13.5 Å². The molecule has 1 heterocycles. The molecule has 0 spiro atoms. The molecule has 0 saturated carbocycles. The maximum atomic E-state index is 12.0. The second-order valence-electron chi connectivity index (χ2n) is 4.18. The minimum atomic E-state index is -0.322. The smallest absolute Gasteiger partial charge is 0.267 e. The number of amides is 1. The summed E-state index contributed by atoms with van der Waals surface area (Å²) in [6, 6.07) is 6.95. The van der Waals surface area contributed by atoms with Crippen molar-refractivity contribution in [3.63, 3.8) is 0 Å². The van der Waals surface area contributed by atoms with Gasteiger partial charge in [-0.25, -0.2) is 4.98 Å². The molecule has 2 aromatic rings. The molecular formula is C13H13IN4O2. The standard InChI is InChI=1S/C13H13IN4O2/c1-8-16-6-9(14)13(20)18(8)7-12(19)17-11-5-3-2-4-10(11)15/h2-6H,7,15H2,1H3,(H,17,19). The minimum Gasteiger partial charge on any atom is -0.397 e. The second kappa shape index (κ2) is 6.04. The Balaban J connectivity index is 2.19.